The summed E-state index contributed by atoms with van der Waals surface area (Å²) in [5, 5.41) is 3.22. The monoisotopic (exact) mass is 289 g/mol. The van der Waals surface area contributed by atoms with Crippen molar-refractivity contribution < 1.29 is 4.79 Å². The molecule has 0 aromatic carbocycles. The van der Waals surface area contributed by atoms with Gasteiger partial charge in [0.05, 0.1) is 0 Å². The molecule has 1 aliphatic rings. The summed E-state index contributed by atoms with van der Waals surface area (Å²) in [4.78, 5) is 18.8. The number of carbonyl (C=O) groups is 1. The van der Waals surface area contributed by atoms with Gasteiger partial charge in [0.15, 0.2) is 0 Å². The summed E-state index contributed by atoms with van der Waals surface area (Å²) in [6.45, 7) is 10.2. The topological polar surface area (TPSA) is 45.2 Å². The first kappa shape index (κ1) is 15.8. The summed E-state index contributed by atoms with van der Waals surface area (Å²) in [6, 6.07) is 3.81. The molecule has 2 rings (SSSR count). The van der Waals surface area contributed by atoms with Gasteiger partial charge in [-0.25, -0.2) is 4.98 Å². The fourth-order valence-electron chi connectivity index (χ4n) is 2.59. The minimum atomic E-state index is -0.226. The van der Waals surface area contributed by atoms with E-state index in [2.05, 4.69) is 37.1 Å². The lowest BCUT2D eigenvalue weighted by Crippen LogP contribution is -2.44. The molecule has 1 aromatic heterocycles. The first-order valence-corrected chi connectivity index (χ1v) is 7.90. The second-order valence-corrected chi connectivity index (χ2v) is 6.93. The van der Waals surface area contributed by atoms with Crippen molar-refractivity contribution in [1.29, 1.82) is 0 Å². The molecule has 0 aliphatic carbocycles. The van der Waals surface area contributed by atoms with Crippen LogP contribution in [0.25, 0.3) is 0 Å². The third-order valence-corrected chi connectivity index (χ3v) is 4.03. The molecule has 2 heterocycles. The molecule has 0 saturated carbocycles. The van der Waals surface area contributed by atoms with Gasteiger partial charge in [-0.05, 0) is 43.2 Å². The van der Waals surface area contributed by atoms with Crippen LogP contribution in [0.4, 0.5) is 5.82 Å². The van der Waals surface area contributed by atoms with Gasteiger partial charge in [-0.1, -0.05) is 26.8 Å². The van der Waals surface area contributed by atoms with Gasteiger partial charge in [0.25, 0.3) is 0 Å². The summed E-state index contributed by atoms with van der Waals surface area (Å²) >= 11 is 0. The molecule has 21 heavy (non-hydrogen) atoms. The third-order valence-electron chi connectivity index (χ3n) is 4.03. The smallest absolute Gasteiger partial charge is 0.244 e. The quantitative estimate of drug-likeness (QED) is 0.929. The number of amides is 1. The van der Waals surface area contributed by atoms with Gasteiger partial charge in [0.1, 0.15) is 11.9 Å². The van der Waals surface area contributed by atoms with E-state index in [9.17, 15) is 4.79 Å². The van der Waals surface area contributed by atoms with E-state index < -0.39 is 0 Å². The number of hydrogen-bond acceptors (Lipinski definition) is 3. The van der Waals surface area contributed by atoms with Gasteiger partial charge in [0, 0.05) is 19.3 Å². The number of pyridine rings is 1. The molecule has 1 unspecified atom stereocenters. The van der Waals surface area contributed by atoms with Crippen molar-refractivity contribution in [2.75, 3.05) is 18.4 Å². The van der Waals surface area contributed by atoms with Crippen LogP contribution in [-0.4, -0.2) is 34.9 Å². The summed E-state index contributed by atoms with van der Waals surface area (Å²) in [5.74, 6) is 0.942. The Morgan fingerprint density at radius 3 is 2.43 bits per heavy atom. The largest absolute Gasteiger partial charge is 0.359 e. The van der Waals surface area contributed by atoms with Crippen molar-refractivity contribution in [3.8, 4) is 0 Å². The predicted molar refractivity (Wildman–Crippen MR) is 86.5 cm³/mol. The fourth-order valence-corrected chi connectivity index (χ4v) is 2.59. The Morgan fingerprint density at radius 1 is 1.24 bits per heavy atom. The van der Waals surface area contributed by atoms with Crippen LogP contribution in [0.1, 0.15) is 52.5 Å². The van der Waals surface area contributed by atoms with Crippen LogP contribution in [0.15, 0.2) is 18.3 Å². The third kappa shape index (κ3) is 4.19. The van der Waals surface area contributed by atoms with E-state index >= 15 is 0 Å². The maximum atomic E-state index is 12.4. The van der Waals surface area contributed by atoms with Crippen LogP contribution in [0.2, 0.25) is 0 Å². The number of nitrogens with zero attached hydrogens (tertiary/aromatic N) is 2. The molecule has 1 fully saturated rings. The maximum absolute atomic E-state index is 12.4. The highest BCUT2D eigenvalue weighted by atomic mass is 16.2. The molecule has 1 N–H and O–H groups in total. The van der Waals surface area contributed by atoms with Crippen molar-refractivity contribution >= 4 is 11.7 Å². The van der Waals surface area contributed by atoms with E-state index in [1.807, 2.05) is 24.1 Å². The lowest BCUT2D eigenvalue weighted by Gasteiger charge is -2.29. The normalized spacial score (nSPS) is 17.4. The Kier molecular flexibility index (Phi) is 4.86. The zero-order valence-corrected chi connectivity index (χ0v) is 13.6. The van der Waals surface area contributed by atoms with E-state index in [-0.39, 0.29) is 17.4 Å². The molecule has 1 aromatic rings. The lowest BCUT2D eigenvalue weighted by molar-refractivity contribution is -0.132. The van der Waals surface area contributed by atoms with E-state index in [1.54, 1.807) is 0 Å². The van der Waals surface area contributed by atoms with Crippen LogP contribution in [0.5, 0.6) is 0 Å². The molecule has 4 nitrogen and oxygen atoms in total. The standard InChI is InChI=1S/C17H27N3O/c1-13(16(21)20-10-6-5-7-11-20)19-15-9-8-14(12-18-15)17(2,3)4/h8-9,12-13H,5-7,10-11H2,1-4H3,(H,18,19). The second kappa shape index (κ2) is 6.46. The minimum Gasteiger partial charge on any atom is -0.359 e. The number of carbonyl (C=O) groups excluding carboxylic acids is 1. The first-order chi connectivity index (χ1) is 9.88. The maximum Gasteiger partial charge on any atom is 0.244 e. The molecule has 4 heteroatoms. The number of anilines is 1. The highest BCUT2D eigenvalue weighted by Crippen LogP contribution is 2.22. The van der Waals surface area contributed by atoms with Crippen molar-refractivity contribution in [3.05, 3.63) is 23.9 Å². The molecule has 1 aliphatic heterocycles. The Balaban J connectivity index is 1.95. The number of aromatic nitrogens is 1. The Morgan fingerprint density at radius 2 is 1.90 bits per heavy atom. The second-order valence-electron chi connectivity index (χ2n) is 6.93. The summed E-state index contributed by atoms with van der Waals surface area (Å²) in [5.41, 5.74) is 1.30. The highest BCUT2D eigenvalue weighted by molar-refractivity contribution is 5.84. The van der Waals surface area contributed by atoms with Crippen LogP contribution in [0.3, 0.4) is 0 Å². The lowest BCUT2D eigenvalue weighted by atomic mass is 9.88. The van der Waals surface area contributed by atoms with E-state index in [1.165, 1.54) is 12.0 Å². The van der Waals surface area contributed by atoms with Crippen LogP contribution >= 0.6 is 0 Å². The molecule has 1 amide bonds. The van der Waals surface area contributed by atoms with Crippen LogP contribution in [-0.2, 0) is 10.2 Å². The van der Waals surface area contributed by atoms with Gasteiger partial charge < -0.3 is 10.2 Å². The Labute approximate surface area is 127 Å². The van der Waals surface area contributed by atoms with Gasteiger partial charge >= 0.3 is 0 Å². The van der Waals surface area contributed by atoms with Crippen LogP contribution in [0, 0.1) is 0 Å². The number of nitrogens with one attached hydrogen (secondary N) is 1. The SMILES string of the molecule is CC(Nc1ccc(C(C)(C)C)cn1)C(=O)N1CCCCC1. The average molecular weight is 289 g/mol. The number of likely N-dealkylation sites (tertiary alicyclic amines) is 1. The van der Waals surface area contributed by atoms with E-state index in [4.69, 9.17) is 0 Å². The van der Waals surface area contributed by atoms with Crippen molar-refractivity contribution in [2.45, 2.75) is 58.4 Å². The zero-order chi connectivity index (χ0) is 15.5. The van der Waals surface area contributed by atoms with Gasteiger partial charge in [0.2, 0.25) is 5.91 Å². The molecular weight excluding hydrogens is 262 g/mol. The molecule has 0 spiro atoms. The van der Waals surface area contributed by atoms with Gasteiger partial charge in [-0.2, -0.15) is 0 Å². The van der Waals surface area contributed by atoms with Crippen LogP contribution < -0.4 is 5.32 Å². The summed E-state index contributed by atoms with van der Waals surface area (Å²) in [7, 11) is 0. The average Bonchev–Trinajstić information content (AvgIpc) is 2.47. The number of rotatable bonds is 3. The van der Waals surface area contributed by atoms with E-state index in [0.29, 0.717) is 0 Å². The van der Waals surface area contributed by atoms with Crippen molar-refractivity contribution in [1.82, 2.24) is 9.88 Å². The Hall–Kier alpha value is -1.58. The fraction of sp³-hybridized carbons (Fsp3) is 0.647. The molecule has 116 valence electrons. The molecule has 1 saturated heterocycles. The first-order valence-electron chi connectivity index (χ1n) is 7.90. The zero-order valence-electron chi connectivity index (χ0n) is 13.6. The molecule has 0 bridgehead atoms. The van der Waals surface area contributed by atoms with Gasteiger partial charge in [-0.15, -0.1) is 0 Å². The number of piperidine rings is 1. The van der Waals surface area contributed by atoms with E-state index in [0.717, 1.165) is 31.7 Å². The van der Waals surface area contributed by atoms with Gasteiger partial charge in [-0.3, -0.25) is 4.79 Å². The van der Waals surface area contributed by atoms with Crippen molar-refractivity contribution in [2.24, 2.45) is 0 Å². The highest BCUT2D eigenvalue weighted by Gasteiger charge is 2.22. The summed E-state index contributed by atoms with van der Waals surface area (Å²) < 4.78 is 0. The minimum absolute atomic E-state index is 0.0980. The van der Waals surface area contributed by atoms with Crippen molar-refractivity contribution in [3.63, 3.8) is 0 Å². The summed E-state index contributed by atoms with van der Waals surface area (Å²) in [6.07, 6.45) is 5.37. The molecular formula is C17H27N3O. The molecule has 1 atom stereocenters. The predicted octanol–water partition coefficient (Wildman–Crippen LogP) is 3.19. The Bertz CT molecular complexity index is 470. The number of hydrogen-bond donors (Lipinski definition) is 1. The molecule has 0 radical (unpaired) electrons.